The van der Waals surface area contributed by atoms with Crippen molar-refractivity contribution in [2.75, 3.05) is 20.6 Å². The molecule has 0 aliphatic heterocycles. The lowest BCUT2D eigenvalue weighted by atomic mass is 10.1. The van der Waals surface area contributed by atoms with Crippen molar-refractivity contribution in [1.29, 1.82) is 0 Å². The summed E-state index contributed by atoms with van der Waals surface area (Å²) < 4.78 is 0. The Morgan fingerprint density at radius 3 is 2.46 bits per heavy atom. The molecule has 1 N–H and O–H groups in total. The average molecular weight is 184 g/mol. The summed E-state index contributed by atoms with van der Waals surface area (Å²) in [6.07, 6.45) is 2.59. The Morgan fingerprint density at radius 2 is 2.08 bits per heavy atom. The zero-order valence-corrected chi connectivity index (χ0v) is 9.05. The first-order valence-electron chi connectivity index (χ1n) is 4.89. The lowest BCUT2D eigenvalue weighted by Crippen LogP contribution is -2.43. The van der Waals surface area contributed by atoms with Crippen LogP contribution in [0.2, 0.25) is 0 Å². The Hall–Kier alpha value is -0.570. The highest BCUT2D eigenvalue weighted by Crippen LogP contribution is 2.44. The predicted molar refractivity (Wildman–Crippen MR) is 53.5 cm³/mol. The van der Waals surface area contributed by atoms with Crippen molar-refractivity contribution in [3.05, 3.63) is 0 Å². The second-order valence-corrected chi connectivity index (χ2v) is 4.65. The van der Waals surface area contributed by atoms with Gasteiger partial charge in [0.1, 0.15) is 0 Å². The second kappa shape index (κ2) is 3.66. The molecule has 1 amide bonds. The van der Waals surface area contributed by atoms with Gasteiger partial charge in [-0.2, -0.15) is 0 Å². The number of carbonyl (C=O) groups is 1. The molecule has 0 spiro atoms. The topological polar surface area (TPSA) is 32.3 Å². The van der Waals surface area contributed by atoms with Gasteiger partial charge < -0.3 is 10.2 Å². The molecule has 0 saturated heterocycles. The number of nitrogens with zero attached hydrogens (tertiary/aromatic N) is 1. The molecule has 0 heterocycles. The molecule has 3 nitrogen and oxygen atoms in total. The van der Waals surface area contributed by atoms with Gasteiger partial charge in [0.2, 0.25) is 5.91 Å². The third kappa shape index (κ3) is 2.99. The first-order valence-corrected chi connectivity index (χ1v) is 4.89. The maximum absolute atomic E-state index is 11.4. The van der Waals surface area contributed by atoms with Crippen LogP contribution < -0.4 is 5.32 Å². The Morgan fingerprint density at radius 1 is 1.54 bits per heavy atom. The SMILES string of the molecule is CC(NCC1(C)CC1)C(=O)N(C)C. The molecule has 76 valence electrons. The number of amides is 1. The smallest absolute Gasteiger partial charge is 0.238 e. The molecule has 0 aromatic rings. The van der Waals surface area contributed by atoms with Crippen LogP contribution in [0.25, 0.3) is 0 Å². The van der Waals surface area contributed by atoms with E-state index >= 15 is 0 Å². The minimum atomic E-state index is -0.0487. The van der Waals surface area contributed by atoms with Gasteiger partial charge in [-0.15, -0.1) is 0 Å². The molecule has 1 fully saturated rings. The van der Waals surface area contributed by atoms with Crippen LogP contribution in [0.15, 0.2) is 0 Å². The fourth-order valence-electron chi connectivity index (χ4n) is 1.26. The van der Waals surface area contributed by atoms with E-state index in [0.717, 1.165) is 6.54 Å². The van der Waals surface area contributed by atoms with Crippen LogP contribution in [0.4, 0.5) is 0 Å². The van der Waals surface area contributed by atoms with Crippen molar-refractivity contribution in [2.24, 2.45) is 5.41 Å². The van der Waals surface area contributed by atoms with Gasteiger partial charge in [0.05, 0.1) is 6.04 Å². The van der Waals surface area contributed by atoms with Crippen LogP contribution in [0.3, 0.4) is 0 Å². The highest BCUT2D eigenvalue weighted by atomic mass is 16.2. The van der Waals surface area contributed by atoms with Crippen molar-refractivity contribution in [2.45, 2.75) is 32.7 Å². The van der Waals surface area contributed by atoms with Gasteiger partial charge in [-0.3, -0.25) is 4.79 Å². The maximum Gasteiger partial charge on any atom is 0.238 e. The molecular weight excluding hydrogens is 164 g/mol. The van der Waals surface area contributed by atoms with Crippen LogP contribution >= 0.6 is 0 Å². The van der Waals surface area contributed by atoms with Crippen molar-refractivity contribution in [3.63, 3.8) is 0 Å². The molecule has 1 rings (SSSR count). The normalized spacial score (nSPS) is 20.9. The van der Waals surface area contributed by atoms with E-state index in [1.165, 1.54) is 12.8 Å². The monoisotopic (exact) mass is 184 g/mol. The number of hydrogen-bond donors (Lipinski definition) is 1. The molecule has 1 aliphatic carbocycles. The average Bonchev–Trinajstić information content (AvgIpc) is 2.79. The second-order valence-electron chi connectivity index (χ2n) is 4.65. The molecule has 0 radical (unpaired) electrons. The van der Waals surface area contributed by atoms with E-state index < -0.39 is 0 Å². The molecule has 1 aliphatic rings. The minimum Gasteiger partial charge on any atom is -0.347 e. The number of nitrogens with one attached hydrogen (secondary N) is 1. The van der Waals surface area contributed by atoms with E-state index in [1.54, 1.807) is 19.0 Å². The molecule has 3 heteroatoms. The summed E-state index contributed by atoms with van der Waals surface area (Å²) in [5, 5.41) is 3.27. The molecule has 0 bridgehead atoms. The van der Waals surface area contributed by atoms with Gasteiger partial charge in [-0.05, 0) is 25.2 Å². The Labute approximate surface area is 80.5 Å². The molecule has 13 heavy (non-hydrogen) atoms. The third-order valence-corrected chi connectivity index (χ3v) is 2.75. The summed E-state index contributed by atoms with van der Waals surface area (Å²) in [5.41, 5.74) is 0.473. The van der Waals surface area contributed by atoms with Crippen molar-refractivity contribution in [1.82, 2.24) is 10.2 Å². The quantitative estimate of drug-likeness (QED) is 0.702. The Balaban J connectivity index is 2.24. The van der Waals surface area contributed by atoms with Gasteiger partial charge >= 0.3 is 0 Å². The van der Waals surface area contributed by atoms with E-state index in [-0.39, 0.29) is 11.9 Å². The van der Waals surface area contributed by atoms with E-state index in [1.807, 2.05) is 6.92 Å². The van der Waals surface area contributed by atoms with E-state index in [2.05, 4.69) is 12.2 Å². The molecule has 1 atom stereocenters. The first-order chi connectivity index (χ1) is 5.94. The fourth-order valence-corrected chi connectivity index (χ4v) is 1.26. The van der Waals surface area contributed by atoms with Crippen LogP contribution in [0.5, 0.6) is 0 Å². The summed E-state index contributed by atoms with van der Waals surface area (Å²) in [5.74, 6) is 0.157. The lowest BCUT2D eigenvalue weighted by molar-refractivity contribution is -0.130. The van der Waals surface area contributed by atoms with Crippen molar-refractivity contribution < 1.29 is 4.79 Å². The van der Waals surface area contributed by atoms with Gasteiger partial charge in [0.15, 0.2) is 0 Å². The summed E-state index contributed by atoms with van der Waals surface area (Å²) in [6, 6.07) is -0.0487. The van der Waals surface area contributed by atoms with Crippen molar-refractivity contribution in [3.8, 4) is 0 Å². The standard InChI is InChI=1S/C10H20N2O/c1-8(9(13)12(3)4)11-7-10(2)5-6-10/h8,11H,5-7H2,1-4H3. The van der Waals surface area contributed by atoms with Crippen LogP contribution in [0, 0.1) is 5.41 Å². The van der Waals surface area contributed by atoms with Gasteiger partial charge in [-0.25, -0.2) is 0 Å². The fraction of sp³-hybridized carbons (Fsp3) is 0.900. The highest BCUT2D eigenvalue weighted by Gasteiger charge is 2.37. The van der Waals surface area contributed by atoms with Gasteiger partial charge in [0.25, 0.3) is 0 Å². The summed E-state index contributed by atoms with van der Waals surface area (Å²) >= 11 is 0. The Kier molecular flexibility index (Phi) is 2.96. The van der Waals surface area contributed by atoms with Crippen LogP contribution in [0.1, 0.15) is 26.7 Å². The third-order valence-electron chi connectivity index (χ3n) is 2.75. The maximum atomic E-state index is 11.4. The predicted octanol–water partition coefficient (Wildman–Crippen LogP) is 0.853. The molecular formula is C10H20N2O. The van der Waals surface area contributed by atoms with E-state index in [0.29, 0.717) is 5.41 Å². The summed E-state index contributed by atoms with van der Waals surface area (Å²) in [7, 11) is 3.58. The lowest BCUT2D eigenvalue weighted by Gasteiger charge is -2.19. The van der Waals surface area contributed by atoms with Gasteiger partial charge in [0, 0.05) is 20.6 Å². The largest absolute Gasteiger partial charge is 0.347 e. The summed E-state index contributed by atoms with van der Waals surface area (Å²) in [4.78, 5) is 13.1. The zero-order valence-electron chi connectivity index (χ0n) is 9.05. The first kappa shape index (κ1) is 10.5. The van der Waals surface area contributed by atoms with Gasteiger partial charge in [-0.1, -0.05) is 6.92 Å². The minimum absolute atomic E-state index is 0.0487. The molecule has 1 unspecified atom stereocenters. The molecule has 0 aromatic carbocycles. The van der Waals surface area contributed by atoms with Crippen LogP contribution in [-0.2, 0) is 4.79 Å². The Bertz CT molecular complexity index is 197. The number of hydrogen-bond acceptors (Lipinski definition) is 2. The summed E-state index contributed by atoms with van der Waals surface area (Å²) in [6.45, 7) is 5.15. The van der Waals surface area contributed by atoms with Crippen LogP contribution in [-0.4, -0.2) is 37.5 Å². The highest BCUT2D eigenvalue weighted by molar-refractivity contribution is 5.80. The zero-order chi connectivity index (χ0) is 10.1. The molecule has 0 aromatic heterocycles. The van der Waals surface area contributed by atoms with Crippen molar-refractivity contribution >= 4 is 5.91 Å². The molecule has 1 saturated carbocycles. The number of carbonyl (C=O) groups excluding carboxylic acids is 1. The van der Waals surface area contributed by atoms with E-state index in [4.69, 9.17) is 0 Å². The van der Waals surface area contributed by atoms with E-state index in [9.17, 15) is 4.79 Å². The number of likely N-dealkylation sites (N-methyl/N-ethyl adjacent to an activating group) is 1. The number of rotatable bonds is 4.